The van der Waals surface area contributed by atoms with Crippen LogP contribution in [0.3, 0.4) is 0 Å². The molecule has 2 aliphatic carbocycles. The van der Waals surface area contributed by atoms with E-state index in [1.807, 2.05) is 6.07 Å². The number of nitrogens with one attached hydrogen (secondary N) is 1. The number of nitrogens with zero attached hydrogens (tertiary/aromatic N) is 2. The Labute approximate surface area is 210 Å². The number of unbranched alkanes of at least 4 members (excludes halogenated alkanes) is 1. The van der Waals surface area contributed by atoms with Gasteiger partial charge in [-0.1, -0.05) is 30.4 Å². The molecule has 0 spiro atoms. The SMILES string of the molecule is O=C(O)CCCCc1nc2cc(C(=O)N[C@H]3CCOC4=C3C=CCC4)ccc2nc1C1=CCCC=C1. The quantitative estimate of drug-likeness (QED) is 0.493. The third-order valence-corrected chi connectivity index (χ3v) is 6.84. The van der Waals surface area contributed by atoms with Crippen molar-refractivity contribution < 1.29 is 19.4 Å². The Balaban J connectivity index is 1.40. The first-order valence-corrected chi connectivity index (χ1v) is 12.8. The van der Waals surface area contributed by atoms with Crippen molar-refractivity contribution in [1.82, 2.24) is 15.3 Å². The number of aromatic nitrogens is 2. The van der Waals surface area contributed by atoms with E-state index in [0.29, 0.717) is 36.9 Å². The highest BCUT2D eigenvalue weighted by atomic mass is 16.5. The van der Waals surface area contributed by atoms with E-state index < -0.39 is 5.97 Å². The number of fused-ring (bicyclic) bond motifs is 1. The Morgan fingerprint density at radius 3 is 2.78 bits per heavy atom. The number of hydrogen-bond acceptors (Lipinski definition) is 5. The lowest BCUT2D eigenvalue weighted by Gasteiger charge is -2.30. The second kappa shape index (κ2) is 10.9. The topological polar surface area (TPSA) is 101 Å². The summed E-state index contributed by atoms with van der Waals surface area (Å²) in [6, 6.07) is 5.41. The fraction of sp³-hybridized carbons (Fsp3) is 0.379. The summed E-state index contributed by atoms with van der Waals surface area (Å²) >= 11 is 0. The number of benzene rings is 1. The van der Waals surface area contributed by atoms with Gasteiger partial charge in [-0.15, -0.1) is 0 Å². The third-order valence-electron chi connectivity index (χ3n) is 6.84. The zero-order valence-corrected chi connectivity index (χ0v) is 20.3. The van der Waals surface area contributed by atoms with E-state index in [1.165, 1.54) is 0 Å². The Kier molecular flexibility index (Phi) is 7.26. The van der Waals surface area contributed by atoms with E-state index in [1.54, 1.807) is 12.1 Å². The Morgan fingerprint density at radius 2 is 1.94 bits per heavy atom. The maximum absolute atomic E-state index is 13.2. The van der Waals surface area contributed by atoms with Crippen LogP contribution in [0.5, 0.6) is 0 Å². The highest BCUT2D eigenvalue weighted by Gasteiger charge is 2.26. The molecule has 3 aliphatic rings. The highest BCUT2D eigenvalue weighted by Crippen LogP contribution is 2.29. The molecule has 7 heteroatoms. The van der Waals surface area contributed by atoms with Gasteiger partial charge in [0.1, 0.15) is 5.76 Å². The van der Waals surface area contributed by atoms with Crippen LogP contribution < -0.4 is 5.32 Å². The number of carboxylic acid groups (broad SMARTS) is 1. The molecule has 0 fully saturated rings. The van der Waals surface area contributed by atoms with Gasteiger partial charge in [0.25, 0.3) is 5.91 Å². The number of aliphatic carboxylic acids is 1. The van der Waals surface area contributed by atoms with Crippen molar-refractivity contribution in [3.63, 3.8) is 0 Å². The van der Waals surface area contributed by atoms with E-state index in [-0.39, 0.29) is 18.4 Å². The molecule has 36 heavy (non-hydrogen) atoms. The number of rotatable bonds is 8. The van der Waals surface area contributed by atoms with Crippen molar-refractivity contribution >= 4 is 28.5 Å². The summed E-state index contributed by atoms with van der Waals surface area (Å²) in [5, 5.41) is 12.2. The van der Waals surface area contributed by atoms with E-state index in [9.17, 15) is 9.59 Å². The van der Waals surface area contributed by atoms with Gasteiger partial charge >= 0.3 is 5.97 Å². The summed E-state index contributed by atoms with van der Waals surface area (Å²) in [5.74, 6) is 0.0653. The number of amides is 1. The van der Waals surface area contributed by atoms with Gasteiger partial charge in [-0.3, -0.25) is 9.59 Å². The smallest absolute Gasteiger partial charge is 0.303 e. The van der Waals surface area contributed by atoms with E-state index >= 15 is 0 Å². The van der Waals surface area contributed by atoms with Crippen LogP contribution in [-0.2, 0) is 16.0 Å². The van der Waals surface area contributed by atoms with Crippen LogP contribution in [-0.4, -0.2) is 39.6 Å². The lowest BCUT2D eigenvalue weighted by atomic mass is 9.94. The fourth-order valence-corrected chi connectivity index (χ4v) is 4.97. The lowest BCUT2D eigenvalue weighted by molar-refractivity contribution is -0.137. The van der Waals surface area contributed by atoms with Crippen molar-refractivity contribution in [3.05, 3.63) is 76.9 Å². The second-order valence-electron chi connectivity index (χ2n) is 9.45. The summed E-state index contributed by atoms with van der Waals surface area (Å²) in [6.45, 7) is 0.610. The van der Waals surface area contributed by atoms with Crippen LogP contribution in [0, 0.1) is 0 Å². The largest absolute Gasteiger partial charge is 0.497 e. The number of ether oxygens (including phenoxy) is 1. The molecule has 5 rings (SSSR count). The zero-order valence-electron chi connectivity index (χ0n) is 20.3. The lowest BCUT2D eigenvalue weighted by Crippen LogP contribution is -2.39. The van der Waals surface area contributed by atoms with Crippen molar-refractivity contribution in [2.75, 3.05) is 6.61 Å². The molecular formula is C29H31N3O4. The summed E-state index contributed by atoms with van der Waals surface area (Å²) < 4.78 is 5.80. The number of allylic oxidation sites excluding steroid dienone is 6. The van der Waals surface area contributed by atoms with E-state index in [2.05, 4.69) is 35.7 Å². The molecular weight excluding hydrogens is 454 g/mol. The van der Waals surface area contributed by atoms with Crippen molar-refractivity contribution in [2.45, 2.75) is 63.8 Å². The van der Waals surface area contributed by atoms with Gasteiger partial charge in [-0.25, -0.2) is 9.97 Å². The number of hydrogen-bond donors (Lipinski definition) is 2. The number of carbonyl (C=O) groups is 2. The average molecular weight is 486 g/mol. The number of aryl methyl sites for hydroxylation is 1. The van der Waals surface area contributed by atoms with Gasteiger partial charge in [0, 0.05) is 30.4 Å². The third kappa shape index (κ3) is 5.40. The second-order valence-corrected chi connectivity index (χ2v) is 9.45. The van der Waals surface area contributed by atoms with Crippen LogP contribution >= 0.6 is 0 Å². The van der Waals surface area contributed by atoms with Crippen LogP contribution in [0.1, 0.15) is 73.1 Å². The first kappa shape index (κ1) is 24.0. The molecule has 1 aliphatic heterocycles. The predicted octanol–water partition coefficient (Wildman–Crippen LogP) is 5.28. The monoisotopic (exact) mass is 485 g/mol. The molecule has 0 bridgehead atoms. The Bertz CT molecular complexity index is 1310. The molecule has 186 valence electrons. The van der Waals surface area contributed by atoms with Crippen LogP contribution in [0.2, 0.25) is 0 Å². The fourth-order valence-electron chi connectivity index (χ4n) is 4.97. The zero-order chi connectivity index (χ0) is 24.9. The summed E-state index contributed by atoms with van der Waals surface area (Å²) in [7, 11) is 0. The first-order valence-electron chi connectivity index (χ1n) is 12.8. The molecule has 1 atom stereocenters. The minimum Gasteiger partial charge on any atom is -0.497 e. The van der Waals surface area contributed by atoms with Gasteiger partial charge in [0.15, 0.2) is 0 Å². The van der Waals surface area contributed by atoms with Gasteiger partial charge in [-0.2, -0.15) is 0 Å². The standard InChI is InChI=1S/C29H31N3O4/c33-27(34)13-7-5-11-24-28(19-8-2-1-3-9-19)31-23-15-14-20(18-25(23)30-24)29(35)32-22-16-17-36-26-12-6-4-10-21(22)26/h2,4,8-10,14-15,18,22H,1,3,5-7,11-13,16-17H2,(H,32,35)(H,33,34)/t22-/m0/s1. The molecule has 2 N–H and O–H groups in total. The molecule has 1 amide bonds. The molecule has 7 nitrogen and oxygen atoms in total. The van der Waals surface area contributed by atoms with Gasteiger partial charge in [0.2, 0.25) is 0 Å². The van der Waals surface area contributed by atoms with E-state index in [0.717, 1.165) is 65.9 Å². The van der Waals surface area contributed by atoms with Crippen LogP contribution in [0.25, 0.3) is 16.6 Å². The normalized spacial score (nSPS) is 19.0. The minimum atomic E-state index is -0.787. The number of carboxylic acids is 1. The Morgan fingerprint density at radius 1 is 1.06 bits per heavy atom. The molecule has 0 saturated heterocycles. The van der Waals surface area contributed by atoms with Crippen molar-refractivity contribution in [2.24, 2.45) is 0 Å². The van der Waals surface area contributed by atoms with Gasteiger partial charge in [0.05, 0.1) is 35.1 Å². The maximum Gasteiger partial charge on any atom is 0.303 e. The number of carbonyl (C=O) groups excluding carboxylic acids is 1. The van der Waals surface area contributed by atoms with Gasteiger partial charge < -0.3 is 15.2 Å². The molecule has 2 aromatic rings. The molecule has 0 unspecified atom stereocenters. The van der Waals surface area contributed by atoms with Crippen molar-refractivity contribution in [3.8, 4) is 0 Å². The molecule has 2 heterocycles. The summed E-state index contributed by atoms with van der Waals surface area (Å²) in [4.78, 5) is 33.9. The molecule has 0 radical (unpaired) electrons. The maximum atomic E-state index is 13.2. The first-order chi connectivity index (χ1) is 17.6. The summed E-state index contributed by atoms with van der Waals surface area (Å²) in [5.41, 5.74) is 5.77. The van der Waals surface area contributed by atoms with Crippen LogP contribution in [0.4, 0.5) is 0 Å². The molecule has 0 saturated carbocycles. The Hall–Kier alpha value is -3.74. The average Bonchev–Trinajstić information content (AvgIpc) is 2.91. The van der Waals surface area contributed by atoms with Crippen molar-refractivity contribution in [1.29, 1.82) is 0 Å². The summed E-state index contributed by atoms with van der Waals surface area (Å²) in [6.07, 6.45) is 17.2. The highest BCUT2D eigenvalue weighted by molar-refractivity contribution is 5.98. The molecule has 1 aromatic heterocycles. The van der Waals surface area contributed by atoms with Gasteiger partial charge in [-0.05, 0) is 62.3 Å². The van der Waals surface area contributed by atoms with E-state index in [4.69, 9.17) is 19.8 Å². The van der Waals surface area contributed by atoms with Crippen LogP contribution in [0.15, 0.2) is 59.9 Å². The predicted molar refractivity (Wildman–Crippen MR) is 138 cm³/mol. The minimum absolute atomic E-state index is 0.0585. The molecule has 1 aromatic carbocycles.